The van der Waals surface area contributed by atoms with Gasteiger partial charge in [-0.15, -0.1) is 0 Å². The van der Waals surface area contributed by atoms with Gasteiger partial charge < -0.3 is 15.2 Å². The Morgan fingerprint density at radius 1 is 1.61 bits per heavy atom. The second-order valence-electron chi connectivity index (χ2n) is 4.71. The van der Waals surface area contributed by atoms with E-state index >= 15 is 0 Å². The van der Waals surface area contributed by atoms with Crippen molar-refractivity contribution in [3.8, 4) is 0 Å². The molecule has 1 aliphatic rings. The van der Waals surface area contributed by atoms with Gasteiger partial charge in [-0.1, -0.05) is 5.16 Å². The van der Waals surface area contributed by atoms with Crippen LogP contribution in [0.15, 0.2) is 22.9 Å². The third kappa shape index (κ3) is 2.38. The molecule has 0 saturated carbocycles. The minimum Gasteiger partial charge on any atom is -0.370 e. The van der Waals surface area contributed by atoms with E-state index in [4.69, 9.17) is 4.52 Å². The van der Waals surface area contributed by atoms with Crippen LogP contribution in [-0.4, -0.2) is 28.0 Å². The van der Waals surface area contributed by atoms with Crippen molar-refractivity contribution in [3.05, 3.63) is 29.8 Å². The monoisotopic (exact) mass is 247 g/mol. The van der Waals surface area contributed by atoms with Gasteiger partial charge in [-0.25, -0.2) is 4.68 Å². The van der Waals surface area contributed by atoms with E-state index in [0.717, 1.165) is 43.5 Å². The molecule has 0 radical (unpaired) electrons. The van der Waals surface area contributed by atoms with Crippen LogP contribution in [0, 0.1) is 12.8 Å². The van der Waals surface area contributed by atoms with Crippen LogP contribution in [-0.2, 0) is 13.1 Å². The van der Waals surface area contributed by atoms with Gasteiger partial charge >= 0.3 is 0 Å². The van der Waals surface area contributed by atoms with Gasteiger partial charge in [0.25, 0.3) is 0 Å². The van der Waals surface area contributed by atoms with Crippen LogP contribution in [0.1, 0.15) is 11.5 Å². The Kier molecular flexibility index (Phi) is 3.02. The lowest BCUT2D eigenvalue weighted by atomic mass is 10.1. The van der Waals surface area contributed by atoms with Gasteiger partial charge in [0.1, 0.15) is 11.6 Å². The summed E-state index contributed by atoms with van der Waals surface area (Å²) >= 11 is 0. The largest absolute Gasteiger partial charge is 0.370 e. The quantitative estimate of drug-likeness (QED) is 0.844. The first-order valence-electron chi connectivity index (χ1n) is 6.20. The minimum absolute atomic E-state index is 0.547. The molecule has 6 heteroatoms. The van der Waals surface area contributed by atoms with Gasteiger partial charge in [-0.3, -0.25) is 0 Å². The molecule has 1 unspecified atom stereocenters. The van der Waals surface area contributed by atoms with E-state index in [1.165, 1.54) is 0 Å². The Bertz CT molecular complexity index is 518. The predicted octanol–water partition coefficient (Wildman–Crippen LogP) is 1.01. The molecule has 0 saturated heterocycles. The Morgan fingerprint density at radius 3 is 3.39 bits per heavy atom. The molecule has 3 rings (SSSR count). The average molecular weight is 247 g/mol. The van der Waals surface area contributed by atoms with Crippen LogP contribution in [0.3, 0.4) is 0 Å². The highest BCUT2D eigenvalue weighted by molar-refractivity contribution is 5.35. The topological polar surface area (TPSA) is 67.9 Å². The number of nitrogens with zero attached hydrogens (tertiary/aromatic N) is 3. The fourth-order valence-corrected chi connectivity index (χ4v) is 2.23. The molecule has 96 valence electrons. The number of anilines is 1. The summed E-state index contributed by atoms with van der Waals surface area (Å²) < 4.78 is 7.04. The molecule has 0 amide bonds. The Balaban J connectivity index is 1.47. The molecule has 1 atom stereocenters. The lowest BCUT2D eigenvalue weighted by molar-refractivity contribution is 0.375. The zero-order chi connectivity index (χ0) is 12.4. The van der Waals surface area contributed by atoms with E-state index in [0.29, 0.717) is 5.92 Å². The van der Waals surface area contributed by atoms with E-state index in [1.54, 1.807) is 0 Å². The van der Waals surface area contributed by atoms with Gasteiger partial charge in [0.05, 0.1) is 11.9 Å². The molecule has 0 spiro atoms. The van der Waals surface area contributed by atoms with E-state index in [-0.39, 0.29) is 0 Å². The van der Waals surface area contributed by atoms with E-state index in [2.05, 4.69) is 20.9 Å². The Hall–Kier alpha value is -1.82. The van der Waals surface area contributed by atoms with Crippen molar-refractivity contribution in [3.63, 3.8) is 0 Å². The zero-order valence-electron chi connectivity index (χ0n) is 10.4. The first-order chi connectivity index (χ1) is 8.81. The zero-order valence-corrected chi connectivity index (χ0v) is 10.4. The highest BCUT2D eigenvalue weighted by atomic mass is 16.5. The van der Waals surface area contributed by atoms with Gasteiger partial charge in [0, 0.05) is 44.2 Å². The van der Waals surface area contributed by atoms with Crippen molar-refractivity contribution in [2.45, 2.75) is 20.0 Å². The molecule has 6 nitrogen and oxygen atoms in total. The van der Waals surface area contributed by atoms with Crippen LogP contribution < -0.4 is 10.6 Å². The summed E-state index contributed by atoms with van der Waals surface area (Å²) in [6.45, 7) is 5.54. The summed E-state index contributed by atoms with van der Waals surface area (Å²) in [5, 5.41) is 15.0. The van der Waals surface area contributed by atoms with Crippen molar-refractivity contribution in [1.82, 2.24) is 20.3 Å². The fourth-order valence-electron chi connectivity index (χ4n) is 2.23. The maximum Gasteiger partial charge on any atom is 0.133 e. The summed E-state index contributed by atoms with van der Waals surface area (Å²) in [6.07, 6.45) is 1.83. The third-order valence-corrected chi connectivity index (χ3v) is 3.14. The normalized spacial score (nSPS) is 18.4. The smallest absolute Gasteiger partial charge is 0.133 e. The average Bonchev–Trinajstić information content (AvgIpc) is 2.97. The van der Waals surface area contributed by atoms with Crippen LogP contribution in [0.25, 0.3) is 0 Å². The molecule has 0 aromatic carbocycles. The second-order valence-corrected chi connectivity index (χ2v) is 4.71. The summed E-state index contributed by atoms with van der Waals surface area (Å²) in [7, 11) is 0. The number of nitrogens with one attached hydrogen (secondary N) is 2. The van der Waals surface area contributed by atoms with Crippen molar-refractivity contribution >= 4 is 5.82 Å². The molecule has 2 N–H and O–H groups in total. The molecular formula is C12H17N5O. The third-order valence-electron chi connectivity index (χ3n) is 3.14. The van der Waals surface area contributed by atoms with Crippen LogP contribution >= 0.6 is 0 Å². The highest BCUT2D eigenvalue weighted by Crippen LogP contribution is 2.15. The van der Waals surface area contributed by atoms with Gasteiger partial charge in [-0.2, -0.15) is 5.10 Å². The molecule has 0 aliphatic carbocycles. The number of hydrogen-bond donors (Lipinski definition) is 2. The highest BCUT2D eigenvalue weighted by Gasteiger charge is 2.17. The number of fused-ring (bicyclic) bond motifs is 1. The van der Waals surface area contributed by atoms with Gasteiger partial charge in [0.15, 0.2) is 0 Å². The Labute approximate surface area is 105 Å². The van der Waals surface area contributed by atoms with E-state index in [9.17, 15) is 0 Å². The first kappa shape index (κ1) is 11.3. The summed E-state index contributed by atoms with van der Waals surface area (Å²) in [5.41, 5.74) is 0.955. The standard InChI is InChI=1S/C12H17N5O/c1-9-4-11(16-18-9)7-13-5-10-6-14-12-2-3-15-17(12)8-10/h2-4,10,13-14H,5-8H2,1H3. The number of aromatic nitrogens is 3. The lowest BCUT2D eigenvalue weighted by Gasteiger charge is -2.24. The molecule has 2 aromatic rings. The predicted molar refractivity (Wildman–Crippen MR) is 67.2 cm³/mol. The molecule has 18 heavy (non-hydrogen) atoms. The maximum atomic E-state index is 5.03. The van der Waals surface area contributed by atoms with E-state index < -0.39 is 0 Å². The van der Waals surface area contributed by atoms with Crippen LogP contribution in [0.5, 0.6) is 0 Å². The van der Waals surface area contributed by atoms with Crippen LogP contribution in [0.2, 0.25) is 0 Å². The summed E-state index contributed by atoms with van der Waals surface area (Å²) in [4.78, 5) is 0. The number of hydrogen-bond acceptors (Lipinski definition) is 5. The SMILES string of the molecule is Cc1cc(CNCC2CNc3ccnn3C2)no1. The van der Waals surface area contributed by atoms with Crippen molar-refractivity contribution < 1.29 is 4.52 Å². The number of rotatable bonds is 4. The molecule has 3 heterocycles. The van der Waals surface area contributed by atoms with Crippen molar-refractivity contribution in [1.29, 1.82) is 0 Å². The molecule has 2 aromatic heterocycles. The summed E-state index contributed by atoms with van der Waals surface area (Å²) in [6, 6.07) is 3.96. The molecule has 1 aliphatic heterocycles. The molecule has 0 fully saturated rings. The van der Waals surface area contributed by atoms with E-state index in [1.807, 2.05) is 29.9 Å². The molecular weight excluding hydrogens is 230 g/mol. The van der Waals surface area contributed by atoms with Gasteiger partial charge in [-0.05, 0) is 6.92 Å². The van der Waals surface area contributed by atoms with Crippen LogP contribution in [0.4, 0.5) is 5.82 Å². The fraction of sp³-hybridized carbons (Fsp3) is 0.500. The molecule has 0 bridgehead atoms. The van der Waals surface area contributed by atoms with Crippen molar-refractivity contribution in [2.24, 2.45) is 5.92 Å². The Morgan fingerprint density at radius 2 is 2.56 bits per heavy atom. The first-order valence-corrected chi connectivity index (χ1v) is 6.20. The summed E-state index contributed by atoms with van der Waals surface area (Å²) in [5.74, 6) is 2.51. The van der Waals surface area contributed by atoms with Gasteiger partial charge in [0.2, 0.25) is 0 Å². The second kappa shape index (κ2) is 4.81. The minimum atomic E-state index is 0.547. The lowest BCUT2D eigenvalue weighted by Crippen LogP contribution is -2.35. The maximum absolute atomic E-state index is 5.03. The van der Waals surface area contributed by atoms with Crippen molar-refractivity contribution in [2.75, 3.05) is 18.4 Å². The number of aryl methyl sites for hydroxylation is 1.